The monoisotopic (exact) mass is 261 g/mol. The lowest BCUT2D eigenvalue weighted by Gasteiger charge is -2.16. The number of carboxylic acids is 1. The number of aliphatic carboxylic acids is 1. The molecule has 1 aromatic rings. The van der Waals surface area contributed by atoms with E-state index in [2.05, 4.69) is 5.32 Å². The van der Waals surface area contributed by atoms with Gasteiger partial charge in [-0.05, 0) is 24.3 Å². The lowest BCUT2D eigenvalue weighted by Crippen LogP contribution is -2.34. The van der Waals surface area contributed by atoms with Gasteiger partial charge >= 0.3 is 5.97 Å². The molecule has 0 bridgehead atoms. The molecule has 1 aromatic carbocycles. The number of amides is 1. The first-order valence-electron chi connectivity index (χ1n) is 6.74. The van der Waals surface area contributed by atoms with Crippen LogP contribution in [0.3, 0.4) is 0 Å². The molecule has 1 aliphatic rings. The molecule has 4 nitrogen and oxygen atoms in total. The first kappa shape index (κ1) is 13.6. The number of hydrogen-bond donors (Lipinski definition) is 2. The van der Waals surface area contributed by atoms with E-state index >= 15 is 0 Å². The molecule has 0 aliphatic heterocycles. The third-order valence-electron chi connectivity index (χ3n) is 3.63. The van der Waals surface area contributed by atoms with Gasteiger partial charge in [-0.25, -0.2) is 4.79 Å². The number of nitrogens with one attached hydrogen (secondary N) is 1. The molecule has 4 heteroatoms. The van der Waals surface area contributed by atoms with Gasteiger partial charge in [-0.1, -0.05) is 43.2 Å². The van der Waals surface area contributed by atoms with Crippen molar-refractivity contribution in [1.82, 2.24) is 5.32 Å². The van der Waals surface area contributed by atoms with Crippen molar-refractivity contribution in [3.8, 4) is 0 Å². The van der Waals surface area contributed by atoms with E-state index in [4.69, 9.17) is 0 Å². The average molecular weight is 261 g/mol. The number of carbonyl (C=O) groups excluding carboxylic acids is 1. The molecule has 0 radical (unpaired) electrons. The van der Waals surface area contributed by atoms with Crippen LogP contribution >= 0.6 is 0 Å². The third kappa shape index (κ3) is 3.81. The van der Waals surface area contributed by atoms with Crippen LogP contribution in [0.25, 0.3) is 0 Å². The van der Waals surface area contributed by atoms with E-state index in [0.717, 1.165) is 12.8 Å². The second-order valence-electron chi connectivity index (χ2n) is 5.10. The van der Waals surface area contributed by atoms with Crippen molar-refractivity contribution in [2.24, 2.45) is 5.92 Å². The van der Waals surface area contributed by atoms with Crippen molar-refractivity contribution in [3.05, 3.63) is 35.9 Å². The van der Waals surface area contributed by atoms with Crippen LogP contribution in [0.15, 0.2) is 30.3 Å². The Morgan fingerprint density at radius 1 is 1.21 bits per heavy atom. The van der Waals surface area contributed by atoms with Crippen molar-refractivity contribution in [3.63, 3.8) is 0 Å². The lowest BCUT2D eigenvalue weighted by molar-refractivity contribution is -0.142. The Bertz CT molecular complexity index is 438. The quantitative estimate of drug-likeness (QED) is 0.855. The Kier molecular flexibility index (Phi) is 4.55. The Hall–Kier alpha value is -1.84. The van der Waals surface area contributed by atoms with Gasteiger partial charge in [0, 0.05) is 6.42 Å². The maximum Gasteiger partial charge on any atom is 0.330 e. The molecule has 1 saturated carbocycles. The zero-order chi connectivity index (χ0) is 13.7. The highest BCUT2D eigenvalue weighted by atomic mass is 16.4. The van der Waals surface area contributed by atoms with Crippen LogP contribution in [0.5, 0.6) is 0 Å². The van der Waals surface area contributed by atoms with Gasteiger partial charge in [-0.15, -0.1) is 0 Å². The molecule has 19 heavy (non-hydrogen) atoms. The lowest BCUT2D eigenvalue weighted by atomic mass is 10.0. The minimum Gasteiger partial charge on any atom is -0.479 e. The van der Waals surface area contributed by atoms with Gasteiger partial charge < -0.3 is 10.4 Å². The molecular weight excluding hydrogens is 242 g/mol. The normalized spacial score (nSPS) is 17.1. The molecule has 1 amide bonds. The highest BCUT2D eigenvalue weighted by Crippen LogP contribution is 2.27. The second kappa shape index (κ2) is 6.36. The van der Waals surface area contributed by atoms with Crippen LogP contribution in [0, 0.1) is 5.92 Å². The molecule has 0 aromatic heterocycles. The van der Waals surface area contributed by atoms with Gasteiger partial charge in [0.15, 0.2) is 6.04 Å². The number of carboxylic acid groups (broad SMARTS) is 1. The standard InChI is InChI=1S/C15H19NO3/c17-13(10-11-6-4-5-7-11)16-14(15(18)19)12-8-2-1-3-9-12/h1-3,8-9,11,14H,4-7,10H2,(H,16,17)(H,18,19)/t14-/m1/s1. The molecule has 1 fully saturated rings. The van der Waals surface area contributed by atoms with Crippen LogP contribution < -0.4 is 5.32 Å². The zero-order valence-corrected chi connectivity index (χ0v) is 10.8. The summed E-state index contributed by atoms with van der Waals surface area (Å²) in [5.41, 5.74) is 0.606. The maximum atomic E-state index is 11.9. The topological polar surface area (TPSA) is 66.4 Å². The van der Waals surface area contributed by atoms with Gasteiger partial charge in [0.25, 0.3) is 0 Å². The van der Waals surface area contributed by atoms with Gasteiger partial charge in [0.05, 0.1) is 0 Å². The SMILES string of the molecule is O=C(CC1CCCC1)N[C@@H](C(=O)O)c1ccccc1. The summed E-state index contributed by atoms with van der Waals surface area (Å²) in [6.07, 6.45) is 4.96. The summed E-state index contributed by atoms with van der Waals surface area (Å²) >= 11 is 0. The molecule has 2 rings (SSSR count). The van der Waals surface area contributed by atoms with Crippen LogP contribution in [0.4, 0.5) is 0 Å². The highest BCUT2D eigenvalue weighted by molar-refractivity contribution is 5.84. The predicted octanol–water partition coefficient (Wildman–Crippen LogP) is 2.51. The van der Waals surface area contributed by atoms with Crippen LogP contribution in [0.1, 0.15) is 43.7 Å². The zero-order valence-electron chi connectivity index (χ0n) is 10.8. The van der Waals surface area contributed by atoms with Gasteiger partial charge in [0.2, 0.25) is 5.91 Å². The molecular formula is C15H19NO3. The van der Waals surface area contributed by atoms with Crippen molar-refractivity contribution >= 4 is 11.9 Å². The minimum absolute atomic E-state index is 0.164. The van der Waals surface area contributed by atoms with Gasteiger partial charge in [0.1, 0.15) is 0 Å². The van der Waals surface area contributed by atoms with Crippen molar-refractivity contribution in [1.29, 1.82) is 0 Å². The van der Waals surface area contributed by atoms with E-state index in [1.54, 1.807) is 24.3 Å². The third-order valence-corrected chi connectivity index (χ3v) is 3.63. The van der Waals surface area contributed by atoms with E-state index in [9.17, 15) is 14.7 Å². The summed E-state index contributed by atoms with van der Waals surface area (Å²) < 4.78 is 0. The number of benzene rings is 1. The maximum absolute atomic E-state index is 11.9. The van der Waals surface area contributed by atoms with Gasteiger partial charge in [-0.2, -0.15) is 0 Å². The van der Waals surface area contributed by atoms with Crippen LogP contribution in [0.2, 0.25) is 0 Å². The molecule has 0 heterocycles. The van der Waals surface area contributed by atoms with E-state index in [1.807, 2.05) is 6.07 Å². The smallest absolute Gasteiger partial charge is 0.330 e. The molecule has 1 aliphatic carbocycles. The fraction of sp³-hybridized carbons (Fsp3) is 0.467. The molecule has 0 spiro atoms. The minimum atomic E-state index is -1.02. The summed E-state index contributed by atoms with van der Waals surface area (Å²) in [4.78, 5) is 23.2. The fourth-order valence-electron chi connectivity index (χ4n) is 2.63. The number of carbonyl (C=O) groups is 2. The number of hydrogen-bond acceptors (Lipinski definition) is 2. The highest BCUT2D eigenvalue weighted by Gasteiger charge is 2.24. The molecule has 102 valence electrons. The molecule has 0 unspecified atom stereocenters. The predicted molar refractivity (Wildman–Crippen MR) is 71.5 cm³/mol. The van der Waals surface area contributed by atoms with E-state index < -0.39 is 12.0 Å². The largest absolute Gasteiger partial charge is 0.479 e. The average Bonchev–Trinajstić information content (AvgIpc) is 2.89. The Labute approximate surface area is 112 Å². The Morgan fingerprint density at radius 2 is 1.84 bits per heavy atom. The van der Waals surface area contributed by atoms with E-state index in [-0.39, 0.29) is 5.91 Å². The van der Waals surface area contributed by atoms with Crippen molar-refractivity contribution in [2.75, 3.05) is 0 Å². The van der Waals surface area contributed by atoms with Crippen LogP contribution in [-0.4, -0.2) is 17.0 Å². The Morgan fingerprint density at radius 3 is 2.42 bits per heavy atom. The molecule has 2 N–H and O–H groups in total. The Balaban J connectivity index is 1.97. The summed E-state index contributed by atoms with van der Waals surface area (Å²) in [6, 6.07) is 7.85. The molecule has 1 atom stereocenters. The summed E-state index contributed by atoms with van der Waals surface area (Å²) in [6.45, 7) is 0. The molecule has 0 saturated heterocycles. The fourth-order valence-corrected chi connectivity index (χ4v) is 2.63. The second-order valence-corrected chi connectivity index (χ2v) is 5.10. The van der Waals surface area contributed by atoms with E-state index in [1.165, 1.54) is 12.8 Å². The first-order valence-corrected chi connectivity index (χ1v) is 6.74. The van der Waals surface area contributed by atoms with E-state index in [0.29, 0.717) is 17.9 Å². The summed E-state index contributed by atoms with van der Waals surface area (Å²) in [5, 5.41) is 11.8. The first-order chi connectivity index (χ1) is 9.16. The summed E-state index contributed by atoms with van der Waals surface area (Å²) in [7, 11) is 0. The van der Waals surface area contributed by atoms with Crippen molar-refractivity contribution < 1.29 is 14.7 Å². The van der Waals surface area contributed by atoms with Crippen molar-refractivity contribution in [2.45, 2.75) is 38.1 Å². The van der Waals surface area contributed by atoms with Gasteiger partial charge in [-0.3, -0.25) is 4.79 Å². The number of rotatable bonds is 5. The van der Waals surface area contributed by atoms with Crippen LogP contribution in [-0.2, 0) is 9.59 Å². The summed E-state index contributed by atoms with van der Waals surface area (Å²) in [5.74, 6) is -0.764.